The zero-order valence-corrected chi connectivity index (χ0v) is 73.3. The average Bonchev–Trinajstić information content (AvgIpc) is 1.59. The van der Waals surface area contributed by atoms with Gasteiger partial charge in [-0.2, -0.15) is 0 Å². The Balaban J connectivity index is 0.000000149. The fourth-order valence-electron chi connectivity index (χ4n) is 16.5. The molecule has 20 rings (SSSR count). The van der Waals surface area contributed by atoms with Crippen LogP contribution in [0.1, 0.15) is 49.9 Å². The predicted octanol–water partition coefficient (Wildman–Crippen LogP) is 26.7. The topological polar surface area (TPSA) is 118 Å². The molecular weight excluding hydrogens is 1610 g/mol. The molecule has 13 heteroatoms. The van der Waals surface area contributed by atoms with Gasteiger partial charge in [0.05, 0.1) is 22.8 Å². The molecule has 2 N–H and O–H groups in total. The summed E-state index contributed by atoms with van der Waals surface area (Å²) in [5, 5.41) is 19.3. The monoisotopic (exact) mass is 1690 g/mol. The number of nitrogens with zero attached hydrogens (tertiary/aromatic N) is 6. The van der Waals surface area contributed by atoms with E-state index in [-0.39, 0.29) is 43.5 Å². The Morgan fingerprint density at radius 1 is 0.248 bits per heavy atom. The first-order valence-corrected chi connectivity index (χ1v) is 43.1. The van der Waals surface area contributed by atoms with E-state index in [1.54, 1.807) is 18.5 Å². The van der Waals surface area contributed by atoms with Crippen LogP contribution >= 0.6 is 29.5 Å². The van der Waals surface area contributed by atoms with Crippen LogP contribution in [0.25, 0.3) is 168 Å². The fourth-order valence-corrected chi connectivity index (χ4v) is 16.7. The van der Waals surface area contributed by atoms with Crippen molar-refractivity contribution in [2.24, 2.45) is 0 Å². The van der Waals surface area contributed by atoms with Crippen LogP contribution in [0.5, 0.6) is 0 Å². The summed E-state index contributed by atoms with van der Waals surface area (Å²) in [5.74, 6) is 1.39. The SMILES string of the molecule is CC1(C)c2ccccc2-c2cc(-c3cccc(-c4cccc(-c5cccc(-c6cc(-c7ccc(-c8cccnc8)cc7)nc(-c7ccccc7)n6)c5)c4)c3)ccc21.CC1(C)c2ccccc2-c2cc(B(O)O)ccc21.Clc1cccc(-c2cccc(-c3cccc(-c4cc(-c5ccc(-c6cccnc6)cc5)nc(-c5ccccc5)n4)c3)c2)c1.PP.[Y]. The van der Waals surface area contributed by atoms with Crippen LogP contribution < -0.4 is 5.46 Å². The van der Waals surface area contributed by atoms with Gasteiger partial charge in [0.25, 0.3) is 0 Å². The Kier molecular flexibility index (Phi) is 25.1. The number of rotatable bonds is 14. The Labute approximate surface area is 743 Å². The Morgan fingerprint density at radius 3 is 0.917 bits per heavy atom. The summed E-state index contributed by atoms with van der Waals surface area (Å²) in [7, 11) is 3.26. The maximum atomic E-state index is 9.29. The number of pyridine rings is 2. The maximum Gasteiger partial charge on any atom is 0.488 e. The second-order valence-corrected chi connectivity index (χ2v) is 31.4. The molecule has 0 fully saturated rings. The molecule has 18 aromatic rings. The molecule has 8 nitrogen and oxygen atoms in total. The molecule has 2 unspecified atom stereocenters. The zero-order chi connectivity index (χ0) is 82.3. The molecule has 0 saturated heterocycles. The Morgan fingerprint density at radius 2 is 0.537 bits per heavy atom. The molecule has 581 valence electrons. The molecule has 1 radical (unpaired) electrons. The third-order valence-corrected chi connectivity index (χ3v) is 23.0. The van der Waals surface area contributed by atoms with E-state index in [9.17, 15) is 10.0 Å². The number of hydrogen-bond donors (Lipinski definition) is 2. The van der Waals surface area contributed by atoms with Crippen molar-refractivity contribution >= 4 is 42.0 Å². The molecular formula is C108H84BClN6O2P2Y. The van der Waals surface area contributed by atoms with E-state index in [1.165, 1.54) is 61.2 Å². The molecule has 2 atom stereocenters. The standard InChI is InChI=1S/C54H39N3.C39H26ClN3.C15H15BO2.H4P2.Y/c1-54(2)49-22-7-6-21-47(49)48-33-44(27-28-50(48)54)42-17-9-15-40(31-42)39-14-8-16-41(30-39)43-18-10-19-45(32-43)52-34-51(56-53(57-52)38-12-4-3-5-13-38)37-25-23-36(24-26-37)46-20-11-29-55-35-46;40-36-16-6-13-33(24-36)31-11-4-10-30(22-31)32-12-5-14-34(23-32)38-25-37(42-39(43-38)29-8-2-1-3-9-29)28-19-17-27(18-20-28)35-15-7-21-41-26-35;1-15(2)13-6-4-3-5-11(13)12-9-10(16(17)18)7-8-14(12)15;1-2;/h3-35H,1-2H3;1-26H;3-9,17-18H,1-2H3;1-2H2;. The maximum absolute atomic E-state index is 9.29. The summed E-state index contributed by atoms with van der Waals surface area (Å²) >= 11 is 6.28. The van der Waals surface area contributed by atoms with E-state index < -0.39 is 7.12 Å². The quantitative estimate of drug-likeness (QED) is 0.0817. The van der Waals surface area contributed by atoms with Crippen molar-refractivity contribution < 1.29 is 42.8 Å². The van der Waals surface area contributed by atoms with Crippen LogP contribution in [-0.4, -0.2) is 47.1 Å². The van der Waals surface area contributed by atoms with Gasteiger partial charge >= 0.3 is 7.12 Å². The summed E-state index contributed by atoms with van der Waals surface area (Å²) in [6, 6.07) is 131. The molecule has 0 aliphatic heterocycles. The second kappa shape index (κ2) is 36.8. The van der Waals surface area contributed by atoms with Gasteiger partial charge in [0, 0.05) is 107 Å². The third kappa shape index (κ3) is 17.9. The van der Waals surface area contributed by atoms with Crippen molar-refractivity contribution in [3.05, 3.63) is 428 Å². The molecule has 2 aliphatic rings. The van der Waals surface area contributed by atoms with E-state index >= 15 is 0 Å². The van der Waals surface area contributed by atoms with Crippen molar-refractivity contribution in [1.29, 1.82) is 0 Å². The van der Waals surface area contributed by atoms with Gasteiger partial charge in [-0.3, -0.25) is 9.97 Å². The number of hydrogen-bond acceptors (Lipinski definition) is 8. The van der Waals surface area contributed by atoms with Crippen molar-refractivity contribution in [3.63, 3.8) is 0 Å². The molecule has 2 aliphatic carbocycles. The Bertz CT molecular complexity index is 6740. The molecule has 0 spiro atoms. The molecule has 0 saturated carbocycles. The molecule has 0 amide bonds. The van der Waals surface area contributed by atoms with Crippen molar-refractivity contribution in [2.45, 2.75) is 38.5 Å². The summed E-state index contributed by atoms with van der Waals surface area (Å²) in [6.07, 6.45) is 7.35. The van der Waals surface area contributed by atoms with Crippen molar-refractivity contribution in [1.82, 2.24) is 29.9 Å². The van der Waals surface area contributed by atoms with E-state index in [2.05, 4.69) is 322 Å². The molecule has 4 aromatic heterocycles. The van der Waals surface area contributed by atoms with Crippen LogP contribution in [0.15, 0.2) is 401 Å². The van der Waals surface area contributed by atoms with Gasteiger partial charge in [0.2, 0.25) is 0 Å². The van der Waals surface area contributed by atoms with Gasteiger partial charge in [-0.05, 0) is 201 Å². The van der Waals surface area contributed by atoms with Crippen molar-refractivity contribution in [2.75, 3.05) is 0 Å². The summed E-state index contributed by atoms with van der Waals surface area (Å²) < 4.78 is 0. The van der Waals surface area contributed by atoms with E-state index in [4.69, 9.17) is 31.5 Å². The van der Waals surface area contributed by atoms with Crippen LogP contribution in [0.3, 0.4) is 0 Å². The predicted molar refractivity (Wildman–Crippen MR) is 506 cm³/mol. The van der Waals surface area contributed by atoms with Gasteiger partial charge in [-0.1, -0.05) is 343 Å². The van der Waals surface area contributed by atoms with Gasteiger partial charge in [-0.15, -0.1) is 17.9 Å². The molecule has 14 aromatic carbocycles. The normalized spacial score (nSPS) is 12.1. The minimum atomic E-state index is -1.41. The molecule has 4 heterocycles. The fraction of sp³-hybridized carbons (Fsp3) is 0.0556. The number of halogens is 1. The zero-order valence-electron chi connectivity index (χ0n) is 67.4. The smallest absolute Gasteiger partial charge is 0.423 e. The minimum absolute atomic E-state index is 0. The molecule has 121 heavy (non-hydrogen) atoms. The summed E-state index contributed by atoms with van der Waals surface area (Å²) in [4.78, 5) is 28.8. The largest absolute Gasteiger partial charge is 0.488 e. The van der Waals surface area contributed by atoms with E-state index in [1.807, 2.05) is 116 Å². The second-order valence-electron chi connectivity index (χ2n) is 31.0. The third-order valence-electron chi connectivity index (χ3n) is 22.8. The van der Waals surface area contributed by atoms with Gasteiger partial charge in [0.1, 0.15) is 0 Å². The van der Waals surface area contributed by atoms with Crippen LogP contribution in [0, 0.1) is 0 Å². The first-order valence-electron chi connectivity index (χ1n) is 40.1. The summed E-state index contributed by atoms with van der Waals surface area (Å²) in [5.41, 5.74) is 36.3. The van der Waals surface area contributed by atoms with Gasteiger partial charge < -0.3 is 10.0 Å². The number of fused-ring (bicyclic) bond motifs is 6. The van der Waals surface area contributed by atoms with Crippen LogP contribution in [0.2, 0.25) is 5.02 Å². The van der Waals surface area contributed by atoms with Gasteiger partial charge in [0.15, 0.2) is 11.6 Å². The Hall–Kier alpha value is -12.2. The number of aromatic nitrogens is 6. The molecule has 0 bridgehead atoms. The minimum Gasteiger partial charge on any atom is -0.423 e. The first-order chi connectivity index (χ1) is 58.7. The van der Waals surface area contributed by atoms with Gasteiger partial charge in [-0.25, -0.2) is 19.9 Å². The van der Waals surface area contributed by atoms with Crippen LogP contribution in [0.4, 0.5) is 0 Å². The number of benzene rings is 14. The van der Waals surface area contributed by atoms with Crippen molar-refractivity contribution in [3.8, 4) is 168 Å². The first kappa shape index (κ1) is 82.5. The summed E-state index contributed by atoms with van der Waals surface area (Å²) in [6.45, 7) is 9.06. The van der Waals surface area contributed by atoms with E-state index in [0.29, 0.717) is 17.1 Å². The van der Waals surface area contributed by atoms with Crippen LogP contribution in [-0.2, 0) is 43.5 Å². The average molecular weight is 1700 g/mol. The van der Waals surface area contributed by atoms with E-state index in [0.717, 1.165) is 122 Å².